The molecule has 2 N–H and O–H groups in total. The van der Waals surface area contributed by atoms with Gasteiger partial charge < -0.3 is 20.3 Å². The van der Waals surface area contributed by atoms with Crippen molar-refractivity contribution in [3.63, 3.8) is 0 Å². The quantitative estimate of drug-likeness (QED) is 0.586. The normalized spacial score (nSPS) is 15.8. The van der Waals surface area contributed by atoms with Gasteiger partial charge in [-0.25, -0.2) is 0 Å². The zero-order chi connectivity index (χ0) is 17.9. The summed E-state index contributed by atoms with van der Waals surface area (Å²) >= 11 is 0. The van der Waals surface area contributed by atoms with Crippen molar-refractivity contribution in [2.45, 2.75) is 38.7 Å². The van der Waals surface area contributed by atoms with Gasteiger partial charge in [-0.2, -0.15) is 0 Å². The molecule has 1 aromatic rings. The van der Waals surface area contributed by atoms with Crippen LogP contribution in [0.2, 0.25) is 0 Å². The summed E-state index contributed by atoms with van der Waals surface area (Å²) in [6.07, 6.45) is 3.60. The molecule has 0 bridgehead atoms. The lowest BCUT2D eigenvalue weighted by atomic mass is 10.1. The molecule has 0 unspecified atom stereocenters. The van der Waals surface area contributed by atoms with E-state index in [-0.39, 0.29) is 12.0 Å². The standard InChI is InChI=1S/C19H30N4O2/c1-3-12-21-18(24)9-13-22-19(20-2)23-14-10-17(11-15-23)25-16-7-5-4-6-8-16/h4-8,17H,3,9-15H2,1-2H3,(H,20,22)(H,21,24). The van der Waals surface area contributed by atoms with E-state index in [4.69, 9.17) is 4.74 Å². The van der Waals surface area contributed by atoms with Crippen molar-refractivity contribution in [3.8, 4) is 5.75 Å². The summed E-state index contributed by atoms with van der Waals surface area (Å²) in [6.45, 7) is 5.19. The topological polar surface area (TPSA) is 66.0 Å². The van der Waals surface area contributed by atoms with Gasteiger partial charge in [-0.1, -0.05) is 25.1 Å². The second kappa shape index (κ2) is 10.6. The lowest BCUT2D eigenvalue weighted by Crippen LogP contribution is -2.48. The fourth-order valence-electron chi connectivity index (χ4n) is 2.85. The molecular weight excluding hydrogens is 316 g/mol. The fraction of sp³-hybridized carbons (Fsp3) is 0.579. The molecule has 0 spiro atoms. The van der Waals surface area contributed by atoms with Gasteiger partial charge in [-0.15, -0.1) is 0 Å². The number of hydrogen-bond donors (Lipinski definition) is 2. The Hall–Kier alpha value is -2.24. The van der Waals surface area contributed by atoms with Gasteiger partial charge in [0.2, 0.25) is 5.91 Å². The third-order valence-corrected chi connectivity index (χ3v) is 4.21. The van der Waals surface area contributed by atoms with E-state index in [0.717, 1.165) is 50.6 Å². The molecule has 0 atom stereocenters. The summed E-state index contributed by atoms with van der Waals surface area (Å²) in [5.74, 6) is 1.88. The van der Waals surface area contributed by atoms with Crippen LogP contribution >= 0.6 is 0 Å². The zero-order valence-corrected chi connectivity index (χ0v) is 15.3. The van der Waals surface area contributed by atoms with Crippen LogP contribution in [-0.2, 0) is 4.79 Å². The largest absolute Gasteiger partial charge is 0.490 e. The maximum atomic E-state index is 11.6. The molecular formula is C19H30N4O2. The number of benzene rings is 1. The summed E-state index contributed by atoms with van der Waals surface area (Å²) in [5.41, 5.74) is 0. The van der Waals surface area contributed by atoms with Crippen LogP contribution in [0.5, 0.6) is 5.75 Å². The third kappa shape index (κ3) is 6.64. The molecule has 0 saturated carbocycles. The molecule has 1 saturated heterocycles. The van der Waals surface area contributed by atoms with Gasteiger partial charge >= 0.3 is 0 Å². The number of nitrogens with one attached hydrogen (secondary N) is 2. The number of rotatable bonds is 7. The number of ether oxygens (including phenoxy) is 1. The minimum atomic E-state index is 0.0831. The molecule has 6 heteroatoms. The Morgan fingerprint density at radius 3 is 2.56 bits per heavy atom. The summed E-state index contributed by atoms with van der Waals surface area (Å²) in [6, 6.07) is 9.97. The van der Waals surface area contributed by atoms with E-state index in [1.165, 1.54) is 0 Å². The van der Waals surface area contributed by atoms with Crippen LogP contribution < -0.4 is 15.4 Å². The number of carbonyl (C=O) groups is 1. The average Bonchev–Trinajstić information content (AvgIpc) is 2.65. The first-order valence-electron chi connectivity index (χ1n) is 9.17. The van der Waals surface area contributed by atoms with Crippen molar-refractivity contribution in [3.05, 3.63) is 30.3 Å². The van der Waals surface area contributed by atoms with Crippen LogP contribution in [0.4, 0.5) is 0 Å². The zero-order valence-electron chi connectivity index (χ0n) is 15.3. The van der Waals surface area contributed by atoms with Crippen LogP contribution in [0, 0.1) is 0 Å². The van der Waals surface area contributed by atoms with Gasteiger partial charge in [0.15, 0.2) is 5.96 Å². The number of amides is 1. The molecule has 0 aliphatic carbocycles. The van der Waals surface area contributed by atoms with E-state index in [1.54, 1.807) is 7.05 Å². The van der Waals surface area contributed by atoms with E-state index in [1.807, 2.05) is 37.3 Å². The summed E-state index contributed by atoms with van der Waals surface area (Å²) in [5, 5.41) is 6.17. The predicted octanol–water partition coefficient (Wildman–Crippen LogP) is 2.02. The molecule has 1 aromatic carbocycles. The van der Waals surface area contributed by atoms with Gasteiger partial charge in [-0.3, -0.25) is 9.79 Å². The van der Waals surface area contributed by atoms with Crippen LogP contribution in [0.15, 0.2) is 35.3 Å². The number of piperidine rings is 1. The Bertz CT molecular complexity index is 540. The smallest absolute Gasteiger partial charge is 0.221 e. The molecule has 0 aromatic heterocycles. The number of hydrogen-bond acceptors (Lipinski definition) is 3. The highest BCUT2D eigenvalue weighted by atomic mass is 16.5. The molecule has 138 valence electrons. The molecule has 2 rings (SSSR count). The van der Waals surface area contributed by atoms with Gasteiger partial charge in [0.1, 0.15) is 11.9 Å². The average molecular weight is 346 g/mol. The minimum absolute atomic E-state index is 0.0831. The molecule has 1 aliphatic heterocycles. The minimum Gasteiger partial charge on any atom is -0.490 e. The highest BCUT2D eigenvalue weighted by Crippen LogP contribution is 2.18. The van der Waals surface area contributed by atoms with E-state index in [0.29, 0.717) is 13.0 Å². The summed E-state index contributed by atoms with van der Waals surface area (Å²) in [4.78, 5) is 18.2. The first-order chi connectivity index (χ1) is 12.2. The maximum absolute atomic E-state index is 11.6. The van der Waals surface area contributed by atoms with Crippen molar-refractivity contribution < 1.29 is 9.53 Å². The second-order valence-corrected chi connectivity index (χ2v) is 6.19. The molecule has 1 heterocycles. The Morgan fingerprint density at radius 2 is 1.92 bits per heavy atom. The number of nitrogens with zero attached hydrogens (tertiary/aromatic N) is 2. The Morgan fingerprint density at radius 1 is 1.20 bits per heavy atom. The summed E-state index contributed by atoms with van der Waals surface area (Å²) in [7, 11) is 1.78. The second-order valence-electron chi connectivity index (χ2n) is 6.19. The monoisotopic (exact) mass is 346 g/mol. The molecule has 1 amide bonds. The van der Waals surface area contributed by atoms with Crippen molar-refractivity contribution in [2.24, 2.45) is 4.99 Å². The van der Waals surface area contributed by atoms with Crippen molar-refractivity contribution in [2.75, 3.05) is 33.2 Å². The first kappa shape index (κ1) is 19.1. The molecule has 6 nitrogen and oxygen atoms in total. The van der Waals surface area contributed by atoms with Gasteiger partial charge in [0.25, 0.3) is 0 Å². The maximum Gasteiger partial charge on any atom is 0.221 e. The molecule has 0 radical (unpaired) electrons. The highest BCUT2D eigenvalue weighted by Gasteiger charge is 2.22. The molecule has 25 heavy (non-hydrogen) atoms. The predicted molar refractivity (Wildman–Crippen MR) is 101 cm³/mol. The Labute approximate surface area is 150 Å². The fourth-order valence-corrected chi connectivity index (χ4v) is 2.85. The highest BCUT2D eigenvalue weighted by molar-refractivity contribution is 5.81. The van der Waals surface area contributed by atoms with Crippen LogP contribution in [-0.4, -0.2) is 56.1 Å². The van der Waals surface area contributed by atoms with Gasteiger partial charge in [0.05, 0.1) is 0 Å². The number of carbonyl (C=O) groups excluding carboxylic acids is 1. The lowest BCUT2D eigenvalue weighted by Gasteiger charge is -2.34. The van der Waals surface area contributed by atoms with Crippen molar-refractivity contribution in [1.29, 1.82) is 0 Å². The number of aliphatic imine (C=N–C) groups is 1. The molecule has 1 fully saturated rings. The molecule has 1 aliphatic rings. The Kier molecular flexibility index (Phi) is 8.09. The number of likely N-dealkylation sites (tertiary alicyclic amines) is 1. The van der Waals surface area contributed by atoms with Crippen LogP contribution in [0.1, 0.15) is 32.6 Å². The van der Waals surface area contributed by atoms with Gasteiger partial charge in [0, 0.05) is 52.5 Å². The Balaban J connectivity index is 1.70. The van der Waals surface area contributed by atoms with Gasteiger partial charge in [-0.05, 0) is 18.6 Å². The van der Waals surface area contributed by atoms with Crippen LogP contribution in [0.25, 0.3) is 0 Å². The first-order valence-corrected chi connectivity index (χ1v) is 9.17. The van der Waals surface area contributed by atoms with E-state index in [9.17, 15) is 4.79 Å². The van der Waals surface area contributed by atoms with E-state index in [2.05, 4.69) is 20.5 Å². The van der Waals surface area contributed by atoms with E-state index < -0.39 is 0 Å². The SMILES string of the molecule is CCCNC(=O)CCNC(=NC)N1CCC(Oc2ccccc2)CC1. The number of guanidine groups is 1. The third-order valence-electron chi connectivity index (χ3n) is 4.21. The lowest BCUT2D eigenvalue weighted by molar-refractivity contribution is -0.120. The van der Waals surface area contributed by atoms with Crippen LogP contribution in [0.3, 0.4) is 0 Å². The van der Waals surface area contributed by atoms with Crippen molar-refractivity contribution in [1.82, 2.24) is 15.5 Å². The summed E-state index contributed by atoms with van der Waals surface area (Å²) < 4.78 is 6.03. The van der Waals surface area contributed by atoms with Crippen molar-refractivity contribution >= 4 is 11.9 Å². The number of para-hydroxylation sites is 1. The van der Waals surface area contributed by atoms with E-state index >= 15 is 0 Å².